The number of hydrogen-bond acceptors (Lipinski definition) is 4. The molecule has 0 bridgehead atoms. The van der Waals surface area contributed by atoms with E-state index >= 15 is 0 Å². The zero-order valence-corrected chi connectivity index (χ0v) is 18.7. The molecule has 1 aromatic carbocycles. The lowest BCUT2D eigenvalue weighted by Gasteiger charge is -2.22. The Bertz CT molecular complexity index is 612. The Labute approximate surface area is 175 Å². The predicted molar refractivity (Wildman–Crippen MR) is 119 cm³/mol. The van der Waals surface area contributed by atoms with Gasteiger partial charge in [0, 0.05) is 5.56 Å². The zero-order chi connectivity index (χ0) is 20.2. The number of aromatic hydroxyl groups is 1. The number of phenols is 1. The minimum Gasteiger partial charge on any atom is -0.508 e. The fourth-order valence-corrected chi connectivity index (χ4v) is 4.87. The van der Waals surface area contributed by atoms with Gasteiger partial charge in [0.15, 0.2) is 0 Å². The molecule has 0 amide bonds. The second-order valence-electron chi connectivity index (χ2n) is 7.99. The molecule has 1 heterocycles. The van der Waals surface area contributed by atoms with E-state index in [4.69, 9.17) is 4.74 Å². The van der Waals surface area contributed by atoms with Crippen molar-refractivity contribution in [3.8, 4) is 11.5 Å². The van der Waals surface area contributed by atoms with Crippen molar-refractivity contribution in [2.45, 2.75) is 109 Å². The number of hydrogen-bond donors (Lipinski definition) is 1. The highest BCUT2D eigenvalue weighted by Gasteiger charge is 2.26. The van der Waals surface area contributed by atoms with Crippen LogP contribution in [0.3, 0.4) is 0 Å². The number of fused-ring (bicyclic) bond motifs is 1. The van der Waals surface area contributed by atoms with Crippen LogP contribution in [0.2, 0.25) is 0 Å². The molecule has 4 heteroatoms. The molecular weight excluding hydrogens is 368 g/mol. The highest BCUT2D eigenvalue weighted by molar-refractivity contribution is 8.00. The van der Waals surface area contributed by atoms with Gasteiger partial charge in [-0.3, -0.25) is 4.79 Å². The highest BCUT2D eigenvalue weighted by atomic mass is 32.2. The van der Waals surface area contributed by atoms with Crippen LogP contribution in [-0.2, 0) is 17.6 Å². The van der Waals surface area contributed by atoms with Gasteiger partial charge in [-0.2, -0.15) is 0 Å². The number of thioether (sulfide) groups is 1. The van der Waals surface area contributed by atoms with Gasteiger partial charge < -0.3 is 9.84 Å². The Morgan fingerprint density at radius 1 is 0.893 bits per heavy atom. The molecule has 0 unspecified atom stereocenters. The maximum absolute atomic E-state index is 11.9. The van der Waals surface area contributed by atoms with Gasteiger partial charge in [-0.05, 0) is 37.3 Å². The quantitative estimate of drug-likeness (QED) is 0.201. The normalized spacial score (nSPS) is 13.4. The van der Waals surface area contributed by atoms with E-state index in [0.29, 0.717) is 11.5 Å². The fourth-order valence-electron chi connectivity index (χ4n) is 3.86. The number of ether oxygens (including phenoxy) is 1. The fraction of sp³-hybridized carbons (Fsp3) is 0.708. The van der Waals surface area contributed by atoms with Crippen molar-refractivity contribution in [3.05, 3.63) is 17.2 Å². The lowest BCUT2D eigenvalue weighted by atomic mass is 9.98. The molecule has 0 radical (unpaired) electrons. The highest BCUT2D eigenvalue weighted by Crippen LogP contribution is 2.44. The lowest BCUT2D eigenvalue weighted by molar-refractivity contribution is -0.131. The monoisotopic (exact) mass is 406 g/mol. The summed E-state index contributed by atoms with van der Waals surface area (Å²) < 4.78 is 5.64. The molecule has 0 spiro atoms. The van der Waals surface area contributed by atoms with Crippen molar-refractivity contribution in [1.82, 2.24) is 0 Å². The lowest BCUT2D eigenvalue weighted by Crippen LogP contribution is -2.18. The summed E-state index contributed by atoms with van der Waals surface area (Å²) in [7, 11) is 0. The van der Waals surface area contributed by atoms with Crippen LogP contribution in [0.4, 0.5) is 0 Å². The van der Waals surface area contributed by atoms with Crippen molar-refractivity contribution in [3.63, 3.8) is 0 Å². The van der Waals surface area contributed by atoms with E-state index in [0.717, 1.165) is 47.5 Å². The zero-order valence-electron chi connectivity index (χ0n) is 17.9. The number of rotatable bonds is 14. The minimum absolute atomic E-state index is 0.169. The van der Waals surface area contributed by atoms with E-state index in [1.807, 2.05) is 6.07 Å². The molecule has 1 aromatic rings. The molecule has 3 nitrogen and oxygen atoms in total. The second kappa shape index (κ2) is 13.1. The summed E-state index contributed by atoms with van der Waals surface area (Å²) in [5.41, 5.74) is 1.98. The Balaban J connectivity index is 1.99. The van der Waals surface area contributed by atoms with Gasteiger partial charge in [0.2, 0.25) is 0 Å². The number of carbonyl (C=O) groups is 1. The third-order valence-electron chi connectivity index (χ3n) is 5.52. The van der Waals surface area contributed by atoms with Crippen LogP contribution in [0.25, 0.3) is 0 Å². The first kappa shape index (κ1) is 23.1. The summed E-state index contributed by atoms with van der Waals surface area (Å²) in [5.74, 6) is 1.29. The molecule has 0 saturated heterocycles. The van der Waals surface area contributed by atoms with Gasteiger partial charge in [-0.15, -0.1) is 11.8 Å². The van der Waals surface area contributed by atoms with E-state index in [-0.39, 0.29) is 5.97 Å². The SMILES string of the molecule is CCCCCCCCc1cc(O)c(CCCCCCCC)c2c1OC(=O)CS2. The summed E-state index contributed by atoms with van der Waals surface area (Å²) in [6.07, 6.45) is 16.5. The summed E-state index contributed by atoms with van der Waals surface area (Å²) in [6, 6.07) is 1.86. The van der Waals surface area contributed by atoms with Crippen molar-refractivity contribution in [2.24, 2.45) is 0 Å². The Morgan fingerprint density at radius 3 is 2.11 bits per heavy atom. The van der Waals surface area contributed by atoms with Gasteiger partial charge in [-0.1, -0.05) is 78.1 Å². The molecule has 0 fully saturated rings. The molecule has 0 saturated carbocycles. The van der Waals surface area contributed by atoms with Crippen LogP contribution >= 0.6 is 11.8 Å². The average Bonchev–Trinajstić information content (AvgIpc) is 2.69. The molecule has 28 heavy (non-hydrogen) atoms. The maximum Gasteiger partial charge on any atom is 0.321 e. The third-order valence-corrected chi connectivity index (χ3v) is 6.62. The van der Waals surface area contributed by atoms with Crippen molar-refractivity contribution in [2.75, 3.05) is 5.75 Å². The Hall–Kier alpha value is -1.16. The van der Waals surface area contributed by atoms with Gasteiger partial charge in [-0.25, -0.2) is 0 Å². The standard InChI is InChI=1S/C24H38O3S/c1-3-5-7-9-11-13-15-19-17-21(25)20(16-14-12-10-8-6-4-2)24-23(19)27-22(26)18-28-24/h17,25H,3-16,18H2,1-2H3. The molecule has 158 valence electrons. The van der Waals surface area contributed by atoms with Crippen LogP contribution < -0.4 is 4.74 Å². The van der Waals surface area contributed by atoms with Gasteiger partial charge in [0.05, 0.1) is 10.6 Å². The average molecular weight is 407 g/mol. The van der Waals surface area contributed by atoms with E-state index < -0.39 is 0 Å². The van der Waals surface area contributed by atoms with Crippen molar-refractivity contribution >= 4 is 17.7 Å². The molecule has 2 rings (SSSR count). The first-order valence-corrected chi connectivity index (χ1v) is 12.4. The molecule has 0 atom stereocenters. The smallest absolute Gasteiger partial charge is 0.321 e. The molecule has 1 aliphatic heterocycles. The summed E-state index contributed by atoms with van der Waals surface area (Å²) >= 11 is 1.54. The number of carbonyl (C=O) groups excluding carboxylic acids is 1. The number of esters is 1. The van der Waals surface area contributed by atoms with Gasteiger partial charge in [0.1, 0.15) is 11.5 Å². The van der Waals surface area contributed by atoms with E-state index in [1.54, 1.807) is 0 Å². The molecule has 0 aromatic heterocycles. The number of unbranched alkanes of at least 4 members (excludes halogenated alkanes) is 10. The number of benzene rings is 1. The maximum atomic E-state index is 11.9. The summed E-state index contributed by atoms with van der Waals surface area (Å²) in [6.45, 7) is 4.46. The van der Waals surface area contributed by atoms with Crippen LogP contribution in [0.15, 0.2) is 11.0 Å². The molecular formula is C24H38O3S. The first-order chi connectivity index (χ1) is 13.7. The summed E-state index contributed by atoms with van der Waals surface area (Å²) in [4.78, 5) is 12.9. The van der Waals surface area contributed by atoms with E-state index in [2.05, 4.69) is 13.8 Å². The second-order valence-corrected chi connectivity index (χ2v) is 8.98. The van der Waals surface area contributed by atoms with Crippen molar-refractivity contribution in [1.29, 1.82) is 0 Å². The summed E-state index contributed by atoms with van der Waals surface area (Å²) in [5, 5.41) is 10.7. The molecule has 1 aliphatic rings. The molecule has 1 N–H and O–H groups in total. The number of phenolic OH excluding ortho intramolecular Hbond substituents is 1. The van der Waals surface area contributed by atoms with Crippen LogP contribution in [0, 0.1) is 0 Å². The minimum atomic E-state index is -0.169. The topological polar surface area (TPSA) is 46.5 Å². The van der Waals surface area contributed by atoms with E-state index in [9.17, 15) is 9.90 Å². The van der Waals surface area contributed by atoms with Crippen LogP contribution in [-0.4, -0.2) is 16.8 Å². The Morgan fingerprint density at radius 2 is 1.46 bits per heavy atom. The van der Waals surface area contributed by atoms with Gasteiger partial charge in [0.25, 0.3) is 0 Å². The van der Waals surface area contributed by atoms with Gasteiger partial charge >= 0.3 is 5.97 Å². The van der Waals surface area contributed by atoms with E-state index in [1.165, 1.54) is 76.0 Å². The molecule has 0 aliphatic carbocycles. The van der Waals surface area contributed by atoms with Crippen molar-refractivity contribution < 1.29 is 14.6 Å². The van der Waals surface area contributed by atoms with Crippen LogP contribution in [0.1, 0.15) is 102 Å². The predicted octanol–water partition coefficient (Wildman–Crippen LogP) is 7.21. The Kier molecular flexibility index (Phi) is 10.8. The van der Waals surface area contributed by atoms with Crippen LogP contribution in [0.5, 0.6) is 11.5 Å². The third kappa shape index (κ3) is 7.35. The largest absolute Gasteiger partial charge is 0.508 e. The first-order valence-electron chi connectivity index (χ1n) is 11.4. The number of aryl methyl sites for hydroxylation is 1.